The largest absolute Gasteiger partial charge is 0.510 e. The van der Waals surface area contributed by atoms with Gasteiger partial charge in [0.15, 0.2) is 11.4 Å². The summed E-state index contributed by atoms with van der Waals surface area (Å²) in [6.45, 7) is 3.74. The number of rotatable bonds is 3. The number of amides is 1. The Bertz CT molecular complexity index is 1220. The SMILES string of the molecule is C=C1C(C(N)=O)=C(O)[C@@H](N(C)C)[C@@H]2C[C@@H]3Cc4c(c(O)cc(F)c4N(C)C)C(=O)C3=C(O)[C@]12O. The Balaban J connectivity index is 1.99. The van der Waals surface area contributed by atoms with Crippen LogP contribution >= 0.6 is 0 Å². The van der Waals surface area contributed by atoms with Gasteiger partial charge in [0, 0.05) is 37.2 Å². The van der Waals surface area contributed by atoms with E-state index >= 15 is 0 Å². The van der Waals surface area contributed by atoms with Crippen LogP contribution in [0.4, 0.5) is 10.1 Å². The van der Waals surface area contributed by atoms with Gasteiger partial charge in [-0.3, -0.25) is 14.5 Å². The zero-order valence-electron chi connectivity index (χ0n) is 19.4. The maximum atomic E-state index is 14.7. The number of nitrogens with two attached hydrogens (primary N) is 1. The van der Waals surface area contributed by atoms with Gasteiger partial charge in [-0.1, -0.05) is 6.58 Å². The first-order valence-electron chi connectivity index (χ1n) is 10.8. The van der Waals surface area contributed by atoms with Crippen LogP contribution in [-0.2, 0) is 11.2 Å². The Morgan fingerprint density at radius 3 is 2.38 bits per heavy atom. The number of fused-ring (bicyclic) bond motifs is 3. The topological polar surface area (TPSA) is 148 Å². The third-order valence-electron chi connectivity index (χ3n) is 7.28. The fraction of sp³-hybridized carbons (Fsp3) is 0.417. The average Bonchev–Trinajstić information content (AvgIpc) is 2.69. The van der Waals surface area contributed by atoms with Gasteiger partial charge in [0.1, 0.15) is 23.1 Å². The molecule has 0 saturated heterocycles. The highest BCUT2D eigenvalue weighted by atomic mass is 19.1. The maximum Gasteiger partial charge on any atom is 0.252 e. The minimum Gasteiger partial charge on any atom is -0.510 e. The van der Waals surface area contributed by atoms with Crippen molar-refractivity contribution in [1.82, 2.24) is 4.90 Å². The van der Waals surface area contributed by atoms with Crippen molar-refractivity contribution in [2.24, 2.45) is 17.6 Å². The van der Waals surface area contributed by atoms with Gasteiger partial charge in [0.05, 0.1) is 22.9 Å². The van der Waals surface area contributed by atoms with E-state index in [1.54, 1.807) is 33.1 Å². The Labute approximate surface area is 195 Å². The first kappa shape index (κ1) is 23.8. The number of anilines is 1. The van der Waals surface area contributed by atoms with Crippen molar-refractivity contribution < 1.29 is 34.4 Å². The zero-order chi connectivity index (χ0) is 25.4. The highest BCUT2D eigenvalue weighted by molar-refractivity contribution is 6.14. The second-order valence-electron chi connectivity index (χ2n) is 9.59. The second kappa shape index (κ2) is 7.57. The number of hydrogen-bond acceptors (Lipinski definition) is 8. The molecule has 9 nitrogen and oxygen atoms in total. The highest BCUT2D eigenvalue weighted by Gasteiger charge is 2.60. The molecule has 182 valence electrons. The van der Waals surface area contributed by atoms with Crippen LogP contribution in [0.25, 0.3) is 0 Å². The van der Waals surface area contributed by atoms with Crippen molar-refractivity contribution >= 4 is 17.4 Å². The summed E-state index contributed by atoms with van der Waals surface area (Å²) in [4.78, 5) is 28.8. The van der Waals surface area contributed by atoms with Crippen LogP contribution in [0.1, 0.15) is 22.3 Å². The number of nitrogens with zero attached hydrogens (tertiary/aromatic N) is 2. The van der Waals surface area contributed by atoms with E-state index in [0.717, 1.165) is 6.07 Å². The van der Waals surface area contributed by atoms with Crippen LogP contribution in [0.15, 0.2) is 40.9 Å². The van der Waals surface area contributed by atoms with Crippen molar-refractivity contribution in [2.45, 2.75) is 24.5 Å². The minimum atomic E-state index is -2.26. The fourth-order valence-electron chi connectivity index (χ4n) is 5.93. The van der Waals surface area contributed by atoms with Crippen LogP contribution in [0, 0.1) is 17.7 Å². The Morgan fingerprint density at radius 1 is 1.24 bits per heavy atom. The third kappa shape index (κ3) is 2.91. The van der Waals surface area contributed by atoms with Gasteiger partial charge >= 0.3 is 0 Å². The van der Waals surface area contributed by atoms with Gasteiger partial charge in [-0.15, -0.1) is 0 Å². The molecule has 3 aliphatic rings. The Kier molecular flexibility index (Phi) is 5.30. The number of Topliss-reactive ketones (excluding diaryl/α,β-unsaturated/α-hetero) is 1. The zero-order valence-corrected chi connectivity index (χ0v) is 19.4. The molecule has 34 heavy (non-hydrogen) atoms. The molecule has 4 rings (SSSR count). The summed E-state index contributed by atoms with van der Waals surface area (Å²) in [5, 5.41) is 44.4. The average molecular weight is 474 g/mol. The third-order valence-corrected chi connectivity index (χ3v) is 7.28. The summed E-state index contributed by atoms with van der Waals surface area (Å²) in [6.07, 6.45) is 0.203. The van der Waals surface area contributed by atoms with Crippen molar-refractivity contribution in [1.29, 1.82) is 0 Å². The van der Waals surface area contributed by atoms with Gasteiger partial charge in [-0.2, -0.15) is 0 Å². The lowest BCUT2D eigenvalue weighted by Crippen LogP contribution is -2.60. The number of benzene rings is 1. The Morgan fingerprint density at radius 2 is 1.85 bits per heavy atom. The number of primary amides is 1. The van der Waals surface area contributed by atoms with Crippen LogP contribution in [0.3, 0.4) is 0 Å². The number of hydrogen-bond donors (Lipinski definition) is 5. The minimum absolute atomic E-state index is 0.100. The van der Waals surface area contributed by atoms with Crippen LogP contribution < -0.4 is 10.6 Å². The van der Waals surface area contributed by atoms with Gasteiger partial charge in [0.25, 0.3) is 5.91 Å². The molecule has 0 unspecified atom stereocenters. The van der Waals surface area contributed by atoms with Gasteiger partial charge < -0.3 is 31.1 Å². The smallest absolute Gasteiger partial charge is 0.252 e. The predicted molar refractivity (Wildman–Crippen MR) is 122 cm³/mol. The van der Waals surface area contributed by atoms with Crippen molar-refractivity contribution in [3.05, 3.63) is 57.8 Å². The molecule has 6 N–H and O–H groups in total. The van der Waals surface area contributed by atoms with Crippen LogP contribution in [0.2, 0.25) is 0 Å². The molecule has 1 aromatic carbocycles. The molecule has 0 spiro atoms. The van der Waals surface area contributed by atoms with E-state index in [4.69, 9.17) is 5.73 Å². The molecule has 1 amide bonds. The molecule has 0 saturated carbocycles. The van der Waals surface area contributed by atoms with E-state index in [-0.39, 0.29) is 41.0 Å². The first-order chi connectivity index (χ1) is 15.7. The summed E-state index contributed by atoms with van der Waals surface area (Å²) in [6, 6.07) is -0.0785. The lowest BCUT2D eigenvalue weighted by molar-refractivity contribution is -0.115. The number of likely N-dealkylation sites (N-methyl/N-ethyl adjacent to an activating group) is 1. The molecule has 10 heteroatoms. The summed E-state index contributed by atoms with van der Waals surface area (Å²) in [5.74, 6) is -5.68. The number of phenols is 1. The van der Waals surface area contributed by atoms with Gasteiger partial charge in [-0.25, -0.2) is 4.39 Å². The molecule has 0 heterocycles. The number of carbonyl (C=O) groups excluding carboxylic acids is 2. The molecule has 1 aromatic rings. The number of carbonyl (C=O) groups is 2. The van der Waals surface area contributed by atoms with Gasteiger partial charge in [-0.05, 0) is 38.4 Å². The molecule has 0 aromatic heterocycles. The van der Waals surface area contributed by atoms with E-state index in [9.17, 15) is 34.4 Å². The molecular formula is C24H28FN3O6. The number of aliphatic hydroxyl groups excluding tert-OH is 2. The highest BCUT2D eigenvalue weighted by Crippen LogP contribution is 2.55. The van der Waals surface area contributed by atoms with E-state index in [0.29, 0.717) is 5.56 Å². The molecule has 0 aliphatic heterocycles. The normalized spacial score (nSPS) is 28.6. The number of phenolic OH excluding ortho intramolecular Hbond substituents is 1. The van der Waals surface area contributed by atoms with Gasteiger partial charge in [0.2, 0.25) is 0 Å². The van der Waals surface area contributed by atoms with Crippen molar-refractivity contribution in [3.8, 4) is 5.75 Å². The maximum absolute atomic E-state index is 14.7. The molecule has 4 atom stereocenters. The lowest BCUT2D eigenvalue weighted by Gasteiger charge is -2.52. The second-order valence-corrected chi connectivity index (χ2v) is 9.59. The summed E-state index contributed by atoms with van der Waals surface area (Å²) < 4.78 is 14.7. The molecule has 0 bridgehead atoms. The van der Waals surface area contributed by atoms with E-state index in [2.05, 4.69) is 6.58 Å². The van der Waals surface area contributed by atoms with Crippen LogP contribution in [-0.4, -0.2) is 76.9 Å². The number of aromatic hydroxyl groups is 1. The monoisotopic (exact) mass is 473 g/mol. The summed E-state index contributed by atoms with van der Waals surface area (Å²) >= 11 is 0. The standard InChI is InChI=1S/C24H28FN3O6/c1-9-15(23(26)33)21(31)19(28(4)5)12-7-10-6-11-17(14(29)8-13(25)18(11)27(2)3)20(30)16(10)22(32)24(9,12)34/h8,10,12,19,29,31-32,34H,1,6-7H2,2-5H3,(H2,26,33)/t10-,12-,19-,24-/m0/s1. The number of ketones is 1. The first-order valence-corrected chi connectivity index (χ1v) is 10.8. The molecule has 0 fully saturated rings. The van der Waals surface area contributed by atoms with E-state index in [1.165, 1.54) is 4.90 Å². The fourth-order valence-corrected chi connectivity index (χ4v) is 5.93. The number of halogens is 1. The van der Waals surface area contributed by atoms with E-state index in [1.807, 2.05) is 0 Å². The summed E-state index contributed by atoms with van der Waals surface area (Å²) in [5.41, 5.74) is 2.64. The van der Waals surface area contributed by atoms with Crippen molar-refractivity contribution in [3.63, 3.8) is 0 Å². The lowest BCUT2D eigenvalue weighted by atomic mass is 9.57. The quantitative estimate of drug-likeness (QED) is 0.442. The van der Waals surface area contributed by atoms with Crippen LogP contribution in [0.5, 0.6) is 5.75 Å². The molecular weight excluding hydrogens is 445 g/mol. The Hall–Kier alpha value is -3.37. The van der Waals surface area contributed by atoms with Crippen molar-refractivity contribution in [2.75, 3.05) is 33.1 Å². The molecule has 3 aliphatic carbocycles. The number of allylic oxidation sites excluding steroid dienone is 1. The molecule has 0 radical (unpaired) electrons. The summed E-state index contributed by atoms with van der Waals surface area (Å²) in [7, 11) is 6.49. The number of aliphatic hydroxyl groups is 3. The van der Waals surface area contributed by atoms with E-state index < -0.39 is 58.1 Å². The predicted octanol–water partition coefficient (Wildman–Crippen LogP) is 1.31.